The molecule has 1 heterocycles. The van der Waals surface area contributed by atoms with Crippen LogP contribution < -0.4 is 0 Å². The molecule has 4 nitrogen and oxygen atoms in total. The Labute approximate surface area is 89.6 Å². The Morgan fingerprint density at radius 3 is 2.87 bits per heavy atom. The fourth-order valence-electron chi connectivity index (χ4n) is 1.67. The molecule has 82 valence electrons. The van der Waals surface area contributed by atoms with E-state index in [4.69, 9.17) is 4.74 Å². The molecule has 15 heavy (non-hydrogen) atoms. The highest BCUT2D eigenvalue weighted by Crippen LogP contribution is 2.18. The zero-order valence-corrected chi connectivity index (χ0v) is 9.08. The van der Waals surface area contributed by atoms with Gasteiger partial charge in [0, 0.05) is 6.54 Å². The molecule has 1 fully saturated rings. The average molecular weight is 209 g/mol. The van der Waals surface area contributed by atoms with Crippen LogP contribution in [-0.2, 0) is 14.3 Å². The summed E-state index contributed by atoms with van der Waals surface area (Å²) in [6.45, 7) is 4.30. The van der Waals surface area contributed by atoms with E-state index in [-0.39, 0.29) is 11.9 Å². The Hall–Kier alpha value is -1.50. The smallest absolute Gasteiger partial charge is 0.328 e. The first kappa shape index (κ1) is 11.6. The van der Waals surface area contributed by atoms with Crippen LogP contribution in [0.15, 0.2) is 0 Å². The molecule has 1 atom stereocenters. The molecule has 1 unspecified atom stereocenters. The van der Waals surface area contributed by atoms with E-state index in [0.717, 1.165) is 6.42 Å². The van der Waals surface area contributed by atoms with Crippen LogP contribution in [0.5, 0.6) is 0 Å². The minimum atomic E-state index is -0.432. The van der Waals surface area contributed by atoms with E-state index in [1.165, 1.54) is 4.90 Å². The van der Waals surface area contributed by atoms with Crippen molar-refractivity contribution in [3.05, 3.63) is 0 Å². The van der Waals surface area contributed by atoms with Gasteiger partial charge in [0.25, 0.3) is 5.91 Å². The molecule has 0 aromatic carbocycles. The second kappa shape index (κ2) is 5.40. The number of hydrogen-bond acceptors (Lipinski definition) is 3. The van der Waals surface area contributed by atoms with Gasteiger partial charge >= 0.3 is 5.97 Å². The number of likely N-dealkylation sites (tertiary alicyclic amines) is 1. The van der Waals surface area contributed by atoms with E-state index < -0.39 is 6.04 Å². The zero-order chi connectivity index (χ0) is 11.3. The summed E-state index contributed by atoms with van der Waals surface area (Å²) < 4.78 is 4.90. The molecule has 0 aromatic rings. The minimum absolute atomic E-state index is 0.284. The highest BCUT2D eigenvalue weighted by Gasteiger charge is 2.34. The maximum Gasteiger partial charge on any atom is 0.328 e. The first-order valence-electron chi connectivity index (χ1n) is 5.10. The summed E-state index contributed by atoms with van der Waals surface area (Å²) in [5.41, 5.74) is 0. The standard InChI is InChI=1S/C11H15NO3/c1-3-6-10(13)12-8-5-7-9(12)11(14)15-4-2/h9H,4-5,7-8H2,1-2H3. The number of carbonyl (C=O) groups excluding carboxylic acids is 2. The van der Waals surface area contributed by atoms with Gasteiger partial charge in [-0.3, -0.25) is 4.79 Å². The lowest BCUT2D eigenvalue weighted by atomic mass is 10.2. The second-order valence-electron chi connectivity index (χ2n) is 3.28. The van der Waals surface area contributed by atoms with E-state index >= 15 is 0 Å². The van der Waals surface area contributed by atoms with Gasteiger partial charge < -0.3 is 9.64 Å². The summed E-state index contributed by atoms with van der Waals surface area (Å²) >= 11 is 0. The highest BCUT2D eigenvalue weighted by atomic mass is 16.5. The summed E-state index contributed by atoms with van der Waals surface area (Å²) in [4.78, 5) is 24.5. The second-order valence-corrected chi connectivity index (χ2v) is 3.28. The summed E-state index contributed by atoms with van der Waals surface area (Å²) in [6.07, 6.45) is 1.51. The van der Waals surface area contributed by atoms with Crippen LogP contribution in [0, 0.1) is 11.8 Å². The van der Waals surface area contributed by atoms with Crippen LogP contribution in [0.2, 0.25) is 0 Å². The predicted molar refractivity (Wildman–Crippen MR) is 54.8 cm³/mol. The number of nitrogens with zero attached hydrogens (tertiary/aromatic N) is 1. The first-order chi connectivity index (χ1) is 7.20. The minimum Gasteiger partial charge on any atom is -0.464 e. The van der Waals surface area contributed by atoms with Gasteiger partial charge in [-0.15, -0.1) is 0 Å². The SMILES string of the molecule is CC#CC(=O)N1CCCC1C(=O)OCC. The van der Waals surface area contributed by atoms with Gasteiger partial charge in [0.15, 0.2) is 0 Å². The van der Waals surface area contributed by atoms with Crippen molar-refractivity contribution in [2.24, 2.45) is 0 Å². The largest absolute Gasteiger partial charge is 0.464 e. The Kier molecular flexibility index (Phi) is 4.17. The van der Waals surface area contributed by atoms with E-state index in [0.29, 0.717) is 19.6 Å². The van der Waals surface area contributed by atoms with Crippen molar-refractivity contribution < 1.29 is 14.3 Å². The summed E-state index contributed by atoms with van der Waals surface area (Å²) in [6, 6.07) is -0.432. The highest BCUT2D eigenvalue weighted by molar-refractivity contribution is 5.96. The zero-order valence-electron chi connectivity index (χ0n) is 9.08. The lowest BCUT2D eigenvalue weighted by Crippen LogP contribution is -2.40. The van der Waals surface area contributed by atoms with Crippen molar-refractivity contribution in [3.63, 3.8) is 0 Å². The Bertz CT molecular complexity index is 314. The third-order valence-corrected chi connectivity index (χ3v) is 2.30. The number of ether oxygens (including phenoxy) is 1. The molecule has 0 aliphatic carbocycles. The predicted octanol–water partition coefficient (Wildman–Crippen LogP) is 0.564. The molecule has 1 amide bonds. The fraction of sp³-hybridized carbons (Fsp3) is 0.636. The molecule has 1 rings (SSSR count). The molecule has 0 saturated carbocycles. The summed E-state index contributed by atoms with van der Waals surface area (Å²) in [7, 11) is 0. The third kappa shape index (κ3) is 2.72. The molecule has 4 heteroatoms. The van der Waals surface area contributed by atoms with E-state index in [2.05, 4.69) is 11.8 Å². The first-order valence-corrected chi connectivity index (χ1v) is 5.10. The molecule has 1 aliphatic rings. The van der Waals surface area contributed by atoms with E-state index in [1.807, 2.05) is 0 Å². The molecule has 0 radical (unpaired) electrons. The lowest BCUT2D eigenvalue weighted by Gasteiger charge is -2.20. The fourth-order valence-corrected chi connectivity index (χ4v) is 1.67. The molecule has 1 aliphatic heterocycles. The monoisotopic (exact) mass is 209 g/mol. The Morgan fingerprint density at radius 1 is 1.53 bits per heavy atom. The molecular formula is C11H15NO3. The van der Waals surface area contributed by atoms with Crippen molar-refractivity contribution in [1.82, 2.24) is 4.90 Å². The van der Waals surface area contributed by atoms with Gasteiger partial charge in [0.1, 0.15) is 6.04 Å². The topological polar surface area (TPSA) is 46.6 Å². The van der Waals surface area contributed by atoms with Crippen molar-refractivity contribution in [2.75, 3.05) is 13.2 Å². The van der Waals surface area contributed by atoms with Crippen LogP contribution in [0.25, 0.3) is 0 Å². The van der Waals surface area contributed by atoms with E-state index in [1.54, 1.807) is 13.8 Å². The molecule has 0 spiro atoms. The van der Waals surface area contributed by atoms with Crippen LogP contribution in [0.4, 0.5) is 0 Å². The Balaban J connectivity index is 2.67. The summed E-state index contributed by atoms with van der Waals surface area (Å²) in [5, 5.41) is 0. The van der Waals surface area contributed by atoms with Crippen LogP contribution in [-0.4, -0.2) is 36.0 Å². The number of rotatable bonds is 2. The van der Waals surface area contributed by atoms with Gasteiger partial charge in [0.2, 0.25) is 0 Å². The van der Waals surface area contributed by atoms with E-state index in [9.17, 15) is 9.59 Å². The number of carbonyl (C=O) groups is 2. The molecule has 0 bridgehead atoms. The van der Waals surface area contributed by atoms with Crippen molar-refractivity contribution in [1.29, 1.82) is 0 Å². The van der Waals surface area contributed by atoms with Gasteiger partial charge in [-0.05, 0) is 32.6 Å². The quantitative estimate of drug-likeness (QED) is 0.493. The molecular weight excluding hydrogens is 194 g/mol. The van der Waals surface area contributed by atoms with Crippen LogP contribution in [0.3, 0.4) is 0 Å². The number of esters is 1. The maximum absolute atomic E-state index is 11.5. The van der Waals surface area contributed by atoms with Crippen molar-refractivity contribution in [3.8, 4) is 11.8 Å². The number of hydrogen-bond donors (Lipinski definition) is 0. The molecule has 0 aromatic heterocycles. The van der Waals surface area contributed by atoms with Gasteiger partial charge in [-0.25, -0.2) is 4.79 Å². The third-order valence-electron chi connectivity index (χ3n) is 2.30. The maximum atomic E-state index is 11.5. The molecule has 1 saturated heterocycles. The normalized spacial score (nSPS) is 19.3. The van der Waals surface area contributed by atoms with Crippen molar-refractivity contribution in [2.45, 2.75) is 32.7 Å². The van der Waals surface area contributed by atoms with Gasteiger partial charge in [-0.1, -0.05) is 5.92 Å². The van der Waals surface area contributed by atoms with Gasteiger partial charge in [-0.2, -0.15) is 0 Å². The number of amides is 1. The van der Waals surface area contributed by atoms with Crippen molar-refractivity contribution >= 4 is 11.9 Å². The van der Waals surface area contributed by atoms with Crippen LogP contribution in [0.1, 0.15) is 26.7 Å². The summed E-state index contributed by atoms with van der Waals surface area (Å²) in [5.74, 6) is 4.38. The van der Waals surface area contributed by atoms with Gasteiger partial charge in [0.05, 0.1) is 6.61 Å². The Morgan fingerprint density at radius 2 is 2.27 bits per heavy atom. The van der Waals surface area contributed by atoms with Crippen LogP contribution >= 0.6 is 0 Å². The molecule has 0 N–H and O–H groups in total. The lowest BCUT2D eigenvalue weighted by molar-refractivity contribution is -0.151. The average Bonchev–Trinajstić information content (AvgIpc) is 2.66.